The molecule has 92 valence electrons. The van der Waals surface area contributed by atoms with Crippen LogP contribution in [0.2, 0.25) is 0 Å². The molecule has 1 heterocycles. The van der Waals surface area contributed by atoms with Crippen LogP contribution in [0.5, 0.6) is 5.75 Å². The van der Waals surface area contributed by atoms with Crippen molar-refractivity contribution in [2.24, 2.45) is 0 Å². The normalized spacial score (nSPS) is 20.4. The number of hydrogen-bond acceptors (Lipinski definition) is 3. The first kappa shape index (κ1) is 11.9. The molecule has 2 rings (SSSR count). The molecule has 0 aromatic heterocycles. The highest BCUT2D eigenvalue weighted by atomic mass is 19.1. The molecule has 0 spiro atoms. The second kappa shape index (κ2) is 4.71. The Balaban J connectivity index is 2.30. The fraction of sp³-hybridized carbons (Fsp3) is 0.417. The predicted octanol–water partition coefficient (Wildman–Crippen LogP) is 0.965. The molecule has 1 atom stereocenters. The van der Waals surface area contributed by atoms with Gasteiger partial charge in [-0.2, -0.15) is 0 Å². The molecule has 1 saturated heterocycles. The molecular weight excluding hydrogens is 223 g/mol. The van der Waals surface area contributed by atoms with Gasteiger partial charge in [-0.05, 0) is 19.1 Å². The molecule has 1 aliphatic rings. The van der Waals surface area contributed by atoms with Gasteiger partial charge in [-0.25, -0.2) is 4.39 Å². The molecule has 4 nitrogen and oxygen atoms in total. The van der Waals surface area contributed by atoms with Crippen LogP contribution in [0.4, 0.5) is 4.39 Å². The van der Waals surface area contributed by atoms with E-state index in [9.17, 15) is 14.3 Å². The maximum atomic E-state index is 13.6. The zero-order valence-electron chi connectivity index (χ0n) is 9.61. The first-order chi connectivity index (χ1) is 8.11. The molecule has 0 radical (unpaired) electrons. The third-order valence-electron chi connectivity index (χ3n) is 2.97. The van der Waals surface area contributed by atoms with E-state index in [1.807, 2.05) is 6.92 Å². The van der Waals surface area contributed by atoms with Gasteiger partial charge in [0.1, 0.15) is 17.1 Å². The van der Waals surface area contributed by atoms with Crippen LogP contribution in [0.15, 0.2) is 18.2 Å². The molecule has 1 fully saturated rings. The second-order valence-corrected chi connectivity index (χ2v) is 4.19. The summed E-state index contributed by atoms with van der Waals surface area (Å²) in [5.74, 6) is -1.43. The second-order valence-electron chi connectivity index (χ2n) is 4.19. The van der Waals surface area contributed by atoms with E-state index < -0.39 is 11.7 Å². The highest BCUT2D eigenvalue weighted by Crippen LogP contribution is 2.22. The maximum absolute atomic E-state index is 13.6. The Morgan fingerprint density at radius 3 is 3.00 bits per heavy atom. The topological polar surface area (TPSA) is 52.6 Å². The van der Waals surface area contributed by atoms with Gasteiger partial charge in [-0.15, -0.1) is 0 Å². The Morgan fingerprint density at radius 1 is 1.59 bits per heavy atom. The number of halogens is 1. The quantitative estimate of drug-likeness (QED) is 0.766. The highest BCUT2D eigenvalue weighted by molar-refractivity contribution is 5.97. The van der Waals surface area contributed by atoms with Crippen molar-refractivity contribution in [3.05, 3.63) is 29.6 Å². The number of benzene rings is 1. The van der Waals surface area contributed by atoms with Gasteiger partial charge in [-0.1, -0.05) is 6.07 Å². The monoisotopic (exact) mass is 238 g/mol. The van der Waals surface area contributed by atoms with Gasteiger partial charge >= 0.3 is 0 Å². The van der Waals surface area contributed by atoms with Crippen molar-refractivity contribution in [3.63, 3.8) is 0 Å². The van der Waals surface area contributed by atoms with Crippen LogP contribution < -0.4 is 5.32 Å². The lowest BCUT2D eigenvalue weighted by Gasteiger charge is -2.34. The molecule has 0 bridgehead atoms. The molecule has 0 aliphatic carbocycles. The summed E-state index contributed by atoms with van der Waals surface area (Å²) in [4.78, 5) is 13.7. The van der Waals surface area contributed by atoms with Crippen molar-refractivity contribution in [1.29, 1.82) is 0 Å². The fourth-order valence-electron chi connectivity index (χ4n) is 2.01. The summed E-state index contributed by atoms with van der Waals surface area (Å²) in [5, 5.41) is 12.7. The molecule has 5 heteroatoms. The number of phenolic OH excluding ortho intramolecular Hbond substituents is 1. The van der Waals surface area contributed by atoms with Gasteiger partial charge < -0.3 is 15.3 Å². The summed E-state index contributed by atoms with van der Waals surface area (Å²) in [5.41, 5.74) is -0.235. The van der Waals surface area contributed by atoms with Crippen LogP contribution in [0.3, 0.4) is 0 Å². The van der Waals surface area contributed by atoms with Gasteiger partial charge in [-0.3, -0.25) is 4.79 Å². The van der Waals surface area contributed by atoms with E-state index in [1.165, 1.54) is 18.2 Å². The van der Waals surface area contributed by atoms with Crippen LogP contribution in [0.25, 0.3) is 0 Å². The van der Waals surface area contributed by atoms with E-state index in [2.05, 4.69) is 5.32 Å². The van der Waals surface area contributed by atoms with Crippen molar-refractivity contribution in [3.8, 4) is 5.75 Å². The smallest absolute Gasteiger partial charge is 0.260 e. The standard InChI is InChI=1S/C12H15FN2O2/c1-8-7-14-5-6-15(8)12(17)11-9(13)3-2-4-10(11)16/h2-4,8,14,16H,5-7H2,1H3. The number of amides is 1. The van der Waals surface area contributed by atoms with E-state index in [4.69, 9.17) is 0 Å². The summed E-state index contributed by atoms with van der Waals surface area (Å²) in [6, 6.07) is 3.88. The number of nitrogens with one attached hydrogen (secondary N) is 1. The summed E-state index contributed by atoms with van der Waals surface area (Å²) >= 11 is 0. The van der Waals surface area contributed by atoms with Crippen molar-refractivity contribution in [2.45, 2.75) is 13.0 Å². The number of piperazine rings is 1. The number of hydrogen-bond donors (Lipinski definition) is 2. The SMILES string of the molecule is CC1CNCCN1C(=O)c1c(O)cccc1F. The summed E-state index contributed by atoms with van der Waals surface area (Å²) in [6.07, 6.45) is 0. The number of carbonyl (C=O) groups excluding carboxylic acids is 1. The minimum Gasteiger partial charge on any atom is -0.507 e. The van der Waals surface area contributed by atoms with E-state index in [1.54, 1.807) is 4.90 Å². The molecular formula is C12H15FN2O2. The average molecular weight is 238 g/mol. The highest BCUT2D eigenvalue weighted by Gasteiger charge is 2.27. The van der Waals surface area contributed by atoms with Gasteiger partial charge in [0.15, 0.2) is 0 Å². The third-order valence-corrected chi connectivity index (χ3v) is 2.97. The molecule has 1 amide bonds. The maximum Gasteiger partial charge on any atom is 0.260 e. The van der Waals surface area contributed by atoms with Crippen LogP contribution in [0, 0.1) is 5.82 Å². The molecule has 1 aliphatic heterocycles. The number of nitrogens with zero attached hydrogens (tertiary/aromatic N) is 1. The van der Waals surface area contributed by atoms with E-state index in [0.29, 0.717) is 19.6 Å². The molecule has 1 unspecified atom stereocenters. The number of carbonyl (C=O) groups is 1. The Labute approximate surface area is 99.0 Å². The Hall–Kier alpha value is -1.62. The number of aromatic hydroxyl groups is 1. The molecule has 1 aromatic rings. The van der Waals surface area contributed by atoms with Crippen LogP contribution in [-0.2, 0) is 0 Å². The lowest BCUT2D eigenvalue weighted by Crippen LogP contribution is -2.52. The first-order valence-electron chi connectivity index (χ1n) is 5.60. The lowest BCUT2D eigenvalue weighted by atomic mass is 10.1. The number of rotatable bonds is 1. The fourth-order valence-corrected chi connectivity index (χ4v) is 2.01. The Kier molecular flexibility index (Phi) is 3.28. The molecule has 17 heavy (non-hydrogen) atoms. The summed E-state index contributed by atoms with van der Waals surface area (Å²) < 4.78 is 13.6. The van der Waals surface area contributed by atoms with Gasteiger partial charge in [0.2, 0.25) is 0 Å². The summed E-state index contributed by atoms with van der Waals surface area (Å²) in [6.45, 7) is 3.78. The minimum absolute atomic E-state index is 0.00439. The predicted molar refractivity (Wildman–Crippen MR) is 61.4 cm³/mol. The third kappa shape index (κ3) is 2.24. The van der Waals surface area contributed by atoms with E-state index in [-0.39, 0.29) is 17.4 Å². The first-order valence-corrected chi connectivity index (χ1v) is 5.60. The van der Waals surface area contributed by atoms with Gasteiger partial charge in [0, 0.05) is 25.7 Å². The van der Waals surface area contributed by atoms with Crippen molar-refractivity contribution in [1.82, 2.24) is 10.2 Å². The molecule has 1 aromatic carbocycles. The zero-order valence-corrected chi connectivity index (χ0v) is 9.61. The van der Waals surface area contributed by atoms with Gasteiger partial charge in [0.25, 0.3) is 5.91 Å². The largest absolute Gasteiger partial charge is 0.507 e. The van der Waals surface area contributed by atoms with E-state index >= 15 is 0 Å². The number of phenols is 1. The van der Waals surface area contributed by atoms with Crippen molar-refractivity contribution >= 4 is 5.91 Å². The van der Waals surface area contributed by atoms with Crippen LogP contribution in [0.1, 0.15) is 17.3 Å². The lowest BCUT2D eigenvalue weighted by molar-refractivity contribution is 0.0647. The van der Waals surface area contributed by atoms with Crippen molar-refractivity contribution < 1.29 is 14.3 Å². The average Bonchev–Trinajstić information content (AvgIpc) is 2.29. The summed E-state index contributed by atoms with van der Waals surface area (Å²) in [7, 11) is 0. The van der Waals surface area contributed by atoms with E-state index in [0.717, 1.165) is 0 Å². The minimum atomic E-state index is -0.680. The Bertz CT molecular complexity index is 416. The van der Waals surface area contributed by atoms with Crippen LogP contribution in [-0.4, -0.2) is 41.6 Å². The Morgan fingerprint density at radius 2 is 2.35 bits per heavy atom. The molecule has 0 saturated carbocycles. The zero-order chi connectivity index (χ0) is 12.4. The van der Waals surface area contributed by atoms with Gasteiger partial charge in [0.05, 0.1) is 0 Å². The van der Waals surface area contributed by atoms with Crippen molar-refractivity contribution in [2.75, 3.05) is 19.6 Å². The van der Waals surface area contributed by atoms with Crippen LogP contribution >= 0.6 is 0 Å². The molecule has 2 N–H and O–H groups in total.